The van der Waals surface area contributed by atoms with Crippen molar-refractivity contribution in [3.8, 4) is 0 Å². The fraction of sp³-hybridized carbons (Fsp3) is 0.632. The first-order valence-corrected chi connectivity index (χ1v) is 9.28. The van der Waals surface area contributed by atoms with Crippen LogP contribution in [0.3, 0.4) is 0 Å². The van der Waals surface area contributed by atoms with E-state index in [1.807, 2.05) is 18.2 Å². The summed E-state index contributed by atoms with van der Waals surface area (Å²) in [4.78, 5) is 14.9. The molecule has 0 spiro atoms. The van der Waals surface area contributed by atoms with Crippen molar-refractivity contribution in [3.63, 3.8) is 0 Å². The van der Waals surface area contributed by atoms with Gasteiger partial charge in [-0.1, -0.05) is 12.1 Å². The largest absolute Gasteiger partial charge is 0.396 e. The van der Waals surface area contributed by atoms with Gasteiger partial charge in [0, 0.05) is 31.7 Å². The summed E-state index contributed by atoms with van der Waals surface area (Å²) in [6, 6.07) is 8.01. The Hall–Kier alpha value is -1.75. The second-order valence-corrected chi connectivity index (χ2v) is 7.52. The zero-order chi connectivity index (χ0) is 16.5. The molecule has 1 heterocycles. The summed E-state index contributed by atoms with van der Waals surface area (Å²) in [5.74, 6) is 1.34. The Morgan fingerprint density at radius 3 is 2.71 bits per heavy atom. The van der Waals surface area contributed by atoms with Gasteiger partial charge in [-0.3, -0.25) is 0 Å². The summed E-state index contributed by atoms with van der Waals surface area (Å²) in [5.41, 5.74) is 1.98. The molecule has 2 saturated carbocycles. The Morgan fingerprint density at radius 1 is 1.17 bits per heavy atom. The molecule has 0 unspecified atom stereocenters. The van der Waals surface area contributed by atoms with Crippen molar-refractivity contribution < 1.29 is 9.90 Å². The maximum absolute atomic E-state index is 12.6. The number of carbonyl (C=O) groups excluding carboxylic acids is 1. The van der Waals surface area contributed by atoms with Gasteiger partial charge in [0.1, 0.15) is 0 Å². The molecular weight excluding hydrogens is 302 g/mol. The first kappa shape index (κ1) is 15.8. The number of anilines is 2. The summed E-state index contributed by atoms with van der Waals surface area (Å²) >= 11 is 0. The summed E-state index contributed by atoms with van der Waals surface area (Å²) in [6.45, 7) is 2.29. The first-order chi connectivity index (χ1) is 11.8. The third-order valence-corrected chi connectivity index (χ3v) is 6.20. The van der Waals surface area contributed by atoms with Gasteiger partial charge in [0.15, 0.2) is 0 Å². The van der Waals surface area contributed by atoms with E-state index in [9.17, 15) is 9.90 Å². The van der Waals surface area contributed by atoms with Crippen LogP contribution in [0.2, 0.25) is 0 Å². The molecule has 2 amide bonds. The third-order valence-electron chi connectivity index (χ3n) is 6.20. The number of rotatable bonds is 4. The highest BCUT2D eigenvalue weighted by atomic mass is 16.3. The Morgan fingerprint density at radius 2 is 1.92 bits per heavy atom. The van der Waals surface area contributed by atoms with Gasteiger partial charge in [-0.15, -0.1) is 0 Å². The van der Waals surface area contributed by atoms with Crippen molar-refractivity contribution in [1.82, 2.24) is 5.32 Å². The number of hydrogen-bond acceptors (Lipinski definition) is 3. The van der Waals surface area contributed by atoms with Crippen LogP contribution in [0, 0.1) is 17.8 Å². The molecule has 3 N–H and O–H groups in total. The number of aliphatic hydroxyl groups is 1. The molecule has 0 radical (unpaired) electrons. The van der Waals surface area contributed by atoms with E-state index >= 15 is 0 Å². The number of amides is 2. The lowest BCUT2D eigenvalue weighted by Gasteiger charge is -2.30. The van der Waals surface area contributed by atoms with E-state index in [-0.39, 0.29) is 24.6 Å². The van der Waals surface area contributed by atoms with Gasteiger partial charge < -0.3 is 20.6 Å². The number of nitrogens with one attached hydrogen (secondary N) is 2. The maximum Gasteiger partial charge on any atom is 0.319 e. The van der Waals surface area contributed by atoms with Gasteiger partial charge in [-0.25, -0.2) is 4.79 Å². The molecule has 1 aromatic carbocycles. The van der Waals surface area contributed by atoms with Gasteiger partial charge in [-0.05, 0) is 56.1 Å². The van der Waals surface area contributed by atoms with Crippen LogP contribution in [-0.4, -0.2) is 36.9 Å². The Balaban J connectivity index is 1.43. The SMILES string of the molecule is O=C(Nc1ccccc1N1CCCC1)N[C@H]1[C@H]2CC[C@@H](C2)[C@@H]1CO. The third kappa shape index (κ3) is 2.86. The number of urea groups is 1. The molecule has 1 aromatic rings. The molecular formula is C19H27N3O2. The van der Waals surface area contributed by atoms with E-state index < -0.39 is 0 Å². The van der Waals surface area contributed by atoms with Crippen molar-refractivity contribution in [1.29, 1.82) is 0 Å². The minimum atomic E-state index is -0.141. The Labute approximate surface area is 143 Å². The van der Waals surface area contributed by atoms with Crippen molar-refractivity contribution in [2.45, 2.75) is 38.1 Å². The number of benzene rings is 1. The minimum absolute atomic E-state index is 0.118. The number of fused-ring (bicyclic) bond motifs is 2. The average Bonchev–Trinajstić information content (AvgIpc) is 3.32. The van der Waals surface area contributed by atoms with Gasteiger partial charge in [-0.2, -0.15) is 0 Å². The van der Waals surface area contributed by atoms with Crippen LogP contribution in [0.25, 0.3) is 0 Å². The van der Waals surface area contributed by atoms with Gasteiger partial charge in [0.05, 0.1) is 11.4 Å². The molecule has 3 fully saturated rings. The first-order valence-electron chi connectivity index (χ1n) is 9.28. The van der Waals surface area contributed by atoms with Crippen LogP contribution in [0.15, 0.2) is 24.3 Å². The zero-order valence-electron chi connectivity index (χ0n) is 14.1. The van der Waals surface area contributed by atoms with E-state index in [4.69, 9.17) is 0 Å². The molecule has 24 heavy (non-hydrogen) atoms. The van der Waals surface area contributed by atoms with Crippen molar-refractivity contribution in [2.75, 3.05) is 29.9 Å². The summed E-state index contributed by atoms with van der Waals surface area (Å²) < 4.78 is 0. The van der Waals surface area contributed by atoms with Crippen LogP contribution in [0.4, 0.5) is 16.2 Å². The lowest BCUT2D eigenvalue weighted by molar-refractivity contribution is 0.146. The monoisotopic (exact) mass is 329 g/mol. The molecule has 0 aromatic heterocycles. The molecule has 3 aliphatic rings. The second-order valence-electron chi connectivity index (χ2n) is 7.52. The Bertz CT molecular complexity index is 600. The summed E-state index contributed by atoms with van der Waals surface area (Å²) in [5, 5.41) is 15.9. The molecule has 5 nitrogen and oxygen atoms in total. The van der Waals surface area contributed by atoms with E-state index in [1.54, 1.807) is 0 Å². The van der Waals surface area contributed by atoms with Crippen LogP contribution >= 0.6 is 0 Å². The highest BCUT2D eigenvalue weighted by Gasteiger charge is 2.47. The number of aliphatic hydroxyl groups excluding tert-OH is 1. The predicted octanol–water partition coefficient (Wildman–Crippen LogP) is 2.82. The maximum atomic E-state index is 12.6. The second kappa shape index (κ2) is 6.63. The van der Waals surface area contributed by atoms with E-state index in [2.05, 4.69) is 21.6 Å². The molecule has 2 bridgehead atoms. The highest BCUT2D eigenvalue weighted by Crippen LogP contribution is 2.48. The van der Waals surface area contributed by atoms with Gasteiger partial charge in [0.25, 0.3) is 0 Å². The number of para-hydroxylation sites is 2. The van der Waals surface area contributed by atoms with Crippen molar-refractivity contribution >= 4 is 17.4 Å². The van der Waals surface area contributed by atoms with Gasteiger partial charge in [0.2, 0.25) is 0 Å². The van der Waals surface area contributed by atoms with Crippen molar-refractivity contribution in [2.24, 2.45) is 17.8 Å². The smallest absolute Gasteiger partial charge is 0.319 e. The lowest BCUT2D eigenvalue weighted by Crippen LogP contribution is -2.47. The van der Waals surface area contributed by atoms with Crippen molar-refractivity contribution in [3.05, 3.63) is 24.3 Å². The molecule has 4 atom stereocenters. The molecule has 1 aliphatic heterocycles. The quantitative estimate of drug-likeness (QED) is 0.796. The number of nitrogens with zero attached hydrogens (tertiary/aromatic N) is 1. The van der Waals surface area contributed by atoms with E-state index in [0.29, 0.717) is 11.8 Å². The summed E-state index contributed by atoms with van der Waals surface area (Å²) in [7, 11) is 0. The molecule has 5 heteroatoms. The fourth-order valence-electron chi connectivity index (χ4n) is 5.02. The van der Waals surface area contributed by atoms with Crippen LogP contribution in [-0.2, 0) is 0 Å². The number of carbonyl (C=O) groups is 1. The molecule has 4 rings (SSSR count). The normalized spacial score (nSPS) is 31.5. The molecule has 2 aliphatic carbocycles. The van der Waals surface area contributed by atoms with Gasteiger partial charge >= 0.3 is 6.03 Å². The number of hydrogen-bond donors (Lipinski definition) is 3. The van der Waals surface area contributed by atoms with E-state index in [0.717, 1.165) is 30.9 Å². The van der Waals surface area contributed by atoms with E-state index in [1.165, 1.54) is 25.7 Å². The zero-order valence-corrected chi connectivity index (χ0v) is 14.1. The minimum Gasteiger partial charge on any atom is -0.396 e. The van der Waals surface area contributed by atoms with Crippen LogP contribution in [0.5, 0.6) is 0 Å². The topological polar surface area (TPSA) is 64.6 Å². The predicted molar refractivity (Wildman–Crippen MR) is 95.2 cm³/mol. The molecule has 130 valence electrons. The standard InChI is InChI=1S/C19H27N3O2/c23-12-15-13-7-8-14(11-13)18(15)21-19(24)20-16-5-1-2-6-17(16)22-9-3-4-10-22/h1-2,5-6,13-15,18,23H,3-4,7-12H2,(H2,20,21,24)/t13-,14-,15-,18-/m0/s1. The summed E-state index contributed by atoms with van der Waals surface area (Å²) in [6.07, 6.45) is 5.96. The fourth-order valence-corrected chi connectivity index (χ4v) is 5.02. The van der Waals surface area contributed by atoms with Crippen LogP contribution in [0.1, 0.15) is 32.1 Å². The van der Waals surface area contributed by atoms with Crippen LogP contribution < -0.4 is 15.5 Å². The Kier molecular flexibility index (Phi) is 4.35. The average molecular weight is 329 g/mol. The lowest BCUT2D eigenvalue weighted by atomic mass is 9.85. The molecule has 1 saturated heterocycles. The highest BCUT2D eigenvalue weighted by molar-refractivity contribution is 5.93.